The highest BCUT2D eigenvalue weighted by molar-refractivity contribution is 14.0. The number of nitrogens with zero attached hydrogens (tertiary/aromatic N) is 2. The Kier molecular flexibility index (Phi) is 8.89. The van der Waals surface area contributed by atoms with Crippen molar-refractivity contribution < 1.29 is 9.47 Å². The van der Waals surface area contributed by atoms with Crippen LogP contribution in [0, 0.1) is 5.41 Å². The van der Waals surface area contributed by atoms with Gasteiger partial charge in [-0.05, 0) is 32.6 Å². The van der Waals surface area contributed by atoms with Gasteiger partial charge in [0.15, 0.2) is 5.96 Å². The van der Waals surface area contributed by atoms with E-state index in [1.807, 2.05) is 14.0 Å². The fourth-order valence-electron chi connectivity index (χ4n) is 3.09. The molecule has 0 amide bonds. The molecular formula is C15H30IN3O2. The molecule has 0 aromatic carbocycles. The molecule has 0 aromatic heterocycles. The Morgan fingerprint density at radius 2 is 2.24 bits per heavy atom. The summed E-state index contributed by atoms with van der Waals surface area (Å²) >= 11 is 0. The maximum Gasteiger partial charge on any atom is 0.193 e. The van der Waals surface area contributed by atoms with E-state index in [9.17, 15) is 0 Å². The van der Waals surface area contributed by atoms with Gasteiger partial charge in [0.1, 0.15) is 0 Å². The molecule has 21 heavy (non-hydrogen) atoms. The van der Waals surface area contributed by atoms with Gasteiger partial charge >= 0.3 is 0 Å². The maximum absolute atomic E-state index is 5.58. The largest absolute Gasteiger partial charge is 0.382 e. The minimum absolute atomic E-state index is 0. The lowest BCUT2D eigenvalue weighted by Crippen LogP contribution is -2.41. The quantitative estimate of drug-likeness (QED) is 0.315. The number of hydrogen-bond donors (Lipinski definition) is 1. The monoisotopic (exact) mass is 411 g/mol. The molecule has 0 radical (unpaired) electrons. The third-order valence-electron chi connectivity index (χ3n) is 4.34. The SMILES string of the molecule is CCOCCCCNC(=NC)N1CCC2(CCOC2)C1.I. The molecule has 1 N–H and O–H groups in total. The van der Waals surface area contributed by atoms with Crippen molar-refractivity contribution in [2.24, 2.45) is 10.4 Å². The van der Waals surface area contributed by atoms with E-state index in [-0.39, 0.29) is 24.0 Å². The number of aliphatic imine (C=N–C) groups is 1. The van der Waals surface area contributed by atoms with Gasteiger partial charge < -0.3 is 19.7 Å². The third-order valence-corrected chi connectivity index (χ3v) is 4.34. The number of ether oxygens (including phenoxy) is 2. The van der Waals surface area contributed by atoms with Gasteiger partial charge in [0, 0.05) is 51.9 Å². The second-order valence-corrected chi connectivity index (χ2v) is 5.85. The molecule has 2 rings (SSSR count). The molecule has 2 fully saturated rings. The molecule has 0 bridgehead atoms. The number of likely N-dealkylation sites (tertiary alicyclic amines) is 1. The number of nitrogens with one attached hydrogen (secondary N) is 1. The number of rotatable bonds is 6. The lowest BCUT2D eigenvalue weighted by atomic mass is 9.87. The molecule has 2 heterocycles. The summed E-state index contributed by atoms with van der Waals surface area (Å²) in [7, 11) is 1.87. The van der Waals surface area contributed by atoms with Gasteiger partial charge in [-0.1, -0.05) is 0 Å². The normalized spacial score (nSPS) is 25.4. The summed E-state index contributed by atoms with van der Waals surface area (Å²) in [6.45, 7) is 8.73. The molecule has 1 spiro atoms. The van der Waals surface area contributed by atoms with Crippen molar-refractivity contribution in [2.75, 3.05) is 53.1 Å². The van der Waals surface area contributed by atoms with Crippen LogP contribution in [0.5, 0.6) is 0 Å². The molecular weight excluding hydrogens is 381 g/mol. The highest BCUT2D eigenvalue weighted by Crippen LogP contribution is 2.38. The van der Waals surface area contributed by atoms with Gasteiger partial charge in [-0.2, -0.15) is 0 Å². The van der Waals surface area contributed by atoms with E-state index in [0.29, 0.717) is 5.41 Å². The van der Waals surface area contributed by atoms with Gasteiger partial charge in [-0.3, -0.25) is 4.99 Å². The smallest absolute Gasteiger partial charge is 0.193 e. The fourth-order valence-corrected chi connectivity index (χ4v) is 3.09. The van der Waals surface area contributed by atoms with E-state index < -0.39 is 0 Å². The van der Waals surface area contributed by atoms with E-state index in [1.54, 1.807) is 0 Å². The van der Waals surface area contributed by atoms with Gasteiger partial charge in [0.25, 0.3) is 0 Å². The lowest BCUT2D eigenvalue weighted by Gasteiger charge is -2.24. The molecule has 1 unspecified atom stereocenters. The van der Waals surface area contributed by atoms with E-state index in [1.165, 1.54) is 12.8 Å². The van der Waals surface area contributed by atoms with Crippen LogP contribution >= 0.6 is 24.0 Å². The Balaban J connectivity index is 0.00000220. The third kappa shape index (κ3) is 5.56. The van der Waals surface area contributed by atoms with Crippen LogP contribution < -0.4 is 5.32 Å². The maximum atomic E-state index is 5.58. The summed E-state index contributed by atoms with van der Waals surface area (Å²) in [5.41, 5.74) is 0.395. The van der Waals surface area contributed by atoms with Crippen molar-refractivity contribution in [2.45, 2.75) is 32.6 Å². The predicted molar refractivity (Wildman–Crippen MR) is 96.6 cm³/mol. The first kappa shape index (κ1) is 19.0. The predicted octanol–water partition coefficient (Wildman–Crippen LogP) is 2.11. The lowest BCUT2D eigenvalue weighted by molar-refractivity contribution is 0.143. The Morgan fingerprint density at radius 1 is 1.38 bits per heavy atom. The van der Waals surface area contributed by atoms with Crippen LogP contribution in [-0.2, 0) is 9.47 Å². The highest BCUT2D eigenvalue weighted by atomic mass is 127. The second kappa shape index (κ2) is 9.84. The summed E-state index contributed by atoms with van der Waals surface area (Å²) in [6.07, 6.45) is 4.67. The minimum Gasteiger partial charge on any atom is -0.382 e. The molecule has 2 aliphatic rings. The van der Waals surface area contributed by atoms with E-state index in [2.05, 4.69) is 15.2 Å². The van der Waals surface area contributed by atoms with Gasteiger partial charge in [-0.25, -0.2) is 0 Å². The molecule has 2 aliphatic heterocycles. The van der Waals surface area contributed by atoms with Crippen molar-refractivity contribution in [3.05, 3.63) is 0 Å². The van der Waals surface area contributed by atoms with Crippen molar-refractivity contribution >= 4 is 29.9 Å². The van der Waals surface area contributed by atoms with E-state index in [0.717, 1.165) is 64.9 Å². The van der Waals surface area contributed by atoms with Crippen LogP contribution in [0.1, 0.15) is 32.6 Å². The summed E-state index contributed by atoms with van der Waals surface area (Å²) in [5, 5.41) is 3.47. The second-order valence-electron chi connectivity index (χ2n) is 5.85. The van der Waals surface area contributed by atoms with Crippen molar-refractivity contribution in [1.29, 1.82) is 0 Å². The van der Waals surface area contributed by atoms with E-state index >= 15 is 0 Å². The summed E-state index contributed by atoms with van der Waals surface area (Å²) in [4.78, 5) is 6.80. The molecule has 0 aromatic rings. The number of unbranched alkanes of at least 4 members (excludes halogenated alkanes) is 1. The number of halogens is 1. The van der Waals surface area contributed by atoms with Gasteiger partial charge in [0.05, 0.1) is 6.61 Å². The first-order valence-electron chi connectivity index (χ1n) is 7.91. The molecule has 0 saturated carbocycles. The van der Waals surface area contributed by atoms with Crippen LogP contribution in [-0.4, -0.2) is 64.0 Å². The van der Waals surface area contributed by atoms with Crippen molar-refractivity contribution in [1.82, 2.24) is 10.2 Å². The average Bonchev–Trinajstić information content (AvgIpc) is 3.09. The summed E-state index contributed by atoms with van der Waals surface area (Å²) < 4.78 is 10.9. The Hall–Kier alpha value is -0.0800. The van der Waals surface area contributed by atoms with Crippen molar-refractivity contribution in [3.8, 4) is 0 Å². The first-order valence-corrected chi connectivity index (χ1v) is 7.91. The zero-order chi connectivity index (χ0) is 14.3. The first-order chi connectivity index (χ1) is 9.79. The summed E-state index contributed by atoms with van der Waals surface area (Å²) in [5.74, 6) is 1.05. The Morgan fingerprint density at radius 3 is 2.90 bits per heavy atom. The highest BCUT2D eigenvalue weighted by Gasteiger charge is 2.42. The summed E-state index contributed by atoms with van der Waals surface area (Å²) in [6, 6.07) is 0. The minimum atomic E-state index is 0. The Labute approximate surface area is 145 Å². The zero-order valence-corrected chi connectivity index (χ0v) is 15.7. The van der Waals surface area contributed by atoms with Crippen LogP contribution in [0.3, 0.4) is 0 Å². The van der Waals surface area contributed by atoms with Gasteiger partial charge in [-0.15, -0.1) is 24.0 Å². The molecule has 0 aliphatic carbocycles. The molecule has 6 heteroatoms. The zero-order valence-electron chi connectivity index (χ0n) is 13.4. The number of hydrogen-bond acceptors (Lipinski definition) is 3. The average molecular weight is 411 g/mol. The van der Waals surface area contributed by atoms with Gasteiger partial charge in [0.2, 0.25) is 0 Å². The fraction of sp³-hybridized carbons (Fsp3) is 0.933. The number of guanidine groups is 1. The van der Waals surface area contributed by atoms with Crippen LogP contribution in [0.4, 0.5) is 0 Å². The molecule has 124 valence electrons. The Bertz CT molecular complexity index is 320. The van der Waals surface area contributed by atoms with Crippen molar-refractivity contribution in [3.63, 3.8) is 0 Å². The molecule has 5 nitrogen and oxygen atoms in total. The van der Waals surface area contributed by atoms with Crippen LogP contribution in [0.15, 0.2) is 4.99 Å². The molecule has 1 atom stereocenters. The standard InChI is InChI=1S/C15H29N3O2.HI/c1-3-19-10-5-4-8-17-14(16-2)18-9-6-15(12-18)7-11-20-13-15;/h3-13H2,1-2H3,(H,16,17);1H. The van der Waals surface area contributed by atoms with Crippen LogP contribution in [0.2, 0.25) is 0 Å². The molecule has 2 saturated heterocycles. The van der Waals surface area contributed by atoms with Crippen LogP contribution in [0.25, 0.3) is 0 Å². The topological polar surface area (TPSA) is 46.1 Å². The van der Waals surface area contributed by atoms with E-state index in [4.69, 9.17) is 9.47 Å².